The molecule has 92 valence electrons. The number of para-hydroxylation sites is 1. The summed E-state index contributed by atoms with van der Waals surface area (Å²) in [6.45, 7) is 0.327. The van der Waals surface area contributed by atoms with Crippen molar-refractivity contribution < 1.29 is 9.62 Å². The highest BCUT2D eigenvalue weighted by atomic mass is 32.2. The van der Waals surface area contributed by atoms with Gasteiger partial charge in [0, 0.05) is 11.9 Å². The van der Waals surface area contributed by atoms with E-state index in [1.807, 2.05) is 30.3 Å². The largest absolute Gasteiger partial charge is 0.468 e. The third-order valence-electron chi connectivity index (χ3n) is 2.33. The van der Waals surface area contributed by atoms with Crippen LogP contribution in [0.4, 0.5) is 0 Å². The molecule has 0 aliphatic carbocycles. The van der Waals surface area contributed by atoms with Gasteiger partial charge in [0.25, 0.3) is 0 Å². The van der Waals surface area contributed by atoms with Crippen molar-refractivity contribution in [1.82, 2.24) is 9.45 Å². The molecule has 6 heteroatoms. The fourth-order valence-electron chi connectivity index (χ4n) is 1.55. The first kappa shape index (κ1) is 11.7. The van der Waals surface area contributed by atoms with Crippen molar-refractivity contribution in [1.29, 1.82) is 0 Å². The summed E-state index contributed by atoms with van der Waals surface area (Å²) in [5.74, 6) is 0.714. The Hall–Kier alpha value is -1.34. The maximum absolute atomic E-state index is 9.80. The van der Waals surface area contributed by atoms with E-state index < -0.39 is 0 Å². The fraction of sp³-hybridized carbons (Fsp3) is 0.0833. The molecule has 0 saturated heterocycles. The molecule has 0 unspecified atom stereocenters. The van der Waals surface area contributed by atoms with E-state index in [2.05, 4.69) is 4.98 Å². The van der Waals surface area contributed by atoms with Crippen molar-refractivity contribution in [3.63, 3.8) is 0 Å². The van der Waals surface area contributed by atoms with Gasteiger partial charge in [-0.05, 0) is 24.3 Å². The van der Waals surface area contributed by atoms with Crippen LogP contribution >= 0.6 is 23.3 Å². The lowest BCUT2D eigenvalue weighted by atomic mass is 10.3. The number of aromatic nitrogens is 1. The van der Waals surface area contributed by atoms with E-state index in [-0.39, 0.29) is 0 Å². The number of fused-ring (bicyclic) bond motifs is 1. The second-order valence-electron chi connectivity index (χ2n) is 3.63. The first-order valence-corrected chi connectivity index (χ1v) is 6.92. The molecule has 0 bridgehead atoms. The number of rotatable bonds is 4. The average Bonchev–Trinajstić information content (AvgIpc) is 2.96. The molecular weight excluding hydrogens is 268 g/mol. The molecule has 1 aromatic carbocycles. The van der Waals surface area contributed by atoms with Crippen molar-refractivity contribution in [3.8, 4) is 0 Å². The van der Waals surface area contributed by atoms with Crippen LogP contribution in [0.25, 0.3) is 10.2 Å². The molecule has 3 rings (SSSR count). The molecular formula is C12H10N2O2S2. The number of benzene rings is 1. The lowest BCUT2D eigenvalue weighted by Crippen LogP contribution is -2.08. The second-order valence-corrected chi connectivity index (χ2v) is 5.91. The minimum atomic E-state index is 0.327. The summed E-state index contributed by atoms with van der Waals surface area (Å²) < 4.78 is 8.22. The molecule has 2 aromatic heterocycles. The van der Waals surface area contributed by atoms with Gasteiger partial charge in [0.15, 0.2) is 4.34 Å². The zero-order valence-corrected chi connectivity index (χ0v) is 10.9. The molecule has 18 heavy (non-hydrogen) atoms. The van der Waals surface area contributed by atoms with Gasteiger partial charge in [0.05, 0.1) is 23.0 Å². The van der Waals surface area contributed by atoms with Crippen LogP contribution in [0, 0.1) is 0 Å². The summed E-state index contributed by atoms with van der Waals surface area (Å²) in [6.07, 6.45) is 1.59. The Morgan fingerprint density at radius 1 is 1.28 bits per heavy atom. The monoisotopic (exact) mass is 278 g/mol. The lowest BCUT2D eigenvalue weighted by molar-refractivity contribution is 0.00355. The minimum absolute atomic E-state index is 0.327. The topological polar surface area (TPSA) is 49.5 Å². The van der Waals surface area contributed by atoms with E-state index >= 15 is 0 Å². The Morgan fingerprint density at radius 3 is 2.94 bits per heavy atom. The zero-order chi connectivity index (χ0) is 12.4. The molecule has 2 heterocycles. The van der Waals surface area contributed by atoms with Crippen molar-refractivity contribution >= 4 is 33.5 Å². The number of thiazole rings is 1. The predicted molar refractivity (Wildman–Crippen MR) is 71.5 cm³/mol. The fourth-order valence-corrected chi connectivity index (χ4v) is 3.43. The molecule has 0 aliphatic heterocycles. The van der Waals surface area contributed by atoms with Gasteiger partial charge in [-0.25, -0.2) is 4.98 Å². The Labute approximate surface area is 112 Å². The van der Waals surface area contributed by atoms with Gasteiger partial charge < -0.3 is 9.62 Å². The molecule has 3 aromatic rings. The molecule has 0 saturated carbocycles. The smallest absolute Gasteiger partial charge is 0.168 e. The van der Waals surface area contributed by atoms with Gasteiger partial charge >= 0.3 is 0 Å². The number of hydrogen-bond acceptors (Lipinski definition) is 6. The van der Waals surface area contributed by atoms with Gasteiger partial charge in [-0.15, -0.1) is 15.8 Å². The third kappa shape index (κ3) is 2.56. The molecule has 0 spiro atoms. The highest BCUT2D eigenvalue weighted by Crippen LogP contribution is 2.31. The van der Waals surface area contributed by atoms with Gasteiger partial charge in [-0.1, -0.05) is 12.1 Å². The van der Waals surface area contributed by atoms with E-state index in [1.165, 1.54) is 11.9 Å². The predicted octanol–water partition coefficient (Wildman–Crippen LogP) is 3.79. The van der Waals surface area contributed by atoms with Gasteiger partial charge in [-0.3, -0.25) is 0 Å². The molecule has 0 amide bonds. The van der Waals surface area contributed by atoms with E-state index in [0.717, 1.165) is 19.0 Å². The summed E-state index contributed by atoms with van der Waals surface area (Å²) >= 11 is 2.76. The van der Waals surface area contributed by atoms with Crippen LogP contribution in [-0.4, -0.2) is 14.7 Å². The van der Waals surface area contributed by atoms with Crippen molar-refractivity contribution in [3.05, 3.63) is 48.4 Å². The molecule has 0 aliphatic rings. The molecule has 0 fully saturated rings. The van der Waals surface area contributed by atoms with Gasteiger partial charge in [0.2, 0.25) is 0 Å². The number of nitrogens with zero attached hydrogens (tertiary/aromatic N) is 2. The number of furan rings is 1. The highest BCUT2D eigenvalue weighted by molar-refractivity contribution is 7.98. The summed E-state index contributed by atoms with van der Waals surface area (Å²) in [4.78, 5) is 4.43. The standard InChI is InChI=1S/C12H10N2O2S2/c15-14(8-9-4-3-7-16-9)18-12-13-10-5-1-2-6-11(10)17-12/h1-7,15H,8H2. The maximum atomic E-state index is 9.80. The molecule has 1 N–H and O–H groups in total. The van der Waals surface area contributed by atoms with Crippen LogP contribution in [0.1, 0.15) is 5.76 Å². The molecule has 0 radical (unpaired) electrons. The quantitative estimate of drug-likeness (QED) is 0.581. The van der Waals surface area contributed by atoms with E-state index in [4.69, 9.17) is 4.42 Å². The summed E-state index contributed by atoms with van der Waals surface area (Å²) in [5.41, 5.74) is 0.955. The van der Waals surface area contributed by atoms with E-state index in [9.17, 15) is 5.21 Å². The second kappa shape index (κ2) is 5.11. The highest BCUT2D eigenvalue weighted by Gasteiger charge is 2.10. The van der Waals surface area contributed by atoms with Crippen molar-refractivity contribution in [2.24, 2.45) is 0 Å². The van der Waals surface area contributed by atoms with Crippen LogP contribution in [0.2, 0.25) is 0 Å². The van der Waals surface area contributed by atoms with Crippen LogP contribution in [-0.2, 0) is 6.54 Å². The number of hydroxylamine groups is 1. The van der Waals surface area contributed by atoms with E-state index in [0.29, 0.717) is 12.3 Å². The zero-order valence-electron chi connectivity index (χ0n) is 9.31. The average molecular weight is 278 g/mol. The molecule has 4 nitrogen and oxygen atoms in total. The van der Waals surface area contributed by atoms with Crippen LogP contribution in [0.5, 0.6) is 0 Å². The third-order valence-corrected chi connectivity index (χ3v) is 4.22. The maximum Gasteiger partial charge on any atom is 0.168 e. The van der Waals surface area contributed by atoms with Gasteiger partial charge in [-0.2, -0.15) is 0 Å². The summed E-state index contributed by atoms with van der Waals surface area (Å²) in [7, 11) is 0. The summed E-state index contributed by atoms with van der Waals surface area (Å²) in [6, 6.07) is 11.5. The van der Waals surface area contributed by atoms with Crippen LogP contribution < -0.4 is 0 Å². The number of hydrogen-bond donors (Lipinski definition) is 1. The Morgan fingerprint density at radius 2 is 2.17 bits per heavy atom. The first-order chi connectivity index (χ1) is 8.81. The van der Waals surface area contributed by atoms with Crippen LogP contribution in [0.15, 0.2) is 51.4 Å². The van der Waals surface area contributed by atoms with E-state index in [1.54, 1.807) is 23.7 Å². The first-order valence-electron chi connectivity index (χ1n) is 5.33. The Balaban J connectivity index is 1.71. The summed E-state index contributed by atoms with van der Waals surface area (Å²) in [5, 5.41) is 9.80. The van der Waals surface area contributed by atoms with Crippen molar-refractivity contribution in [2.45, 2.75) is 10.9 Å². The van der Waals surface area contributed by atoms with Crippen LogP contribution in [0.3, 0.4) is 0 Å². The van der Waals surface area contributed by atoms with Crippen molar-refractivity contribution in [2.75, 3.05) is 0 Å². The SMILES string of the molecule is ON(Cc1ccco1)Sc1nc2ccccc2s1. The molecule has 0 atom stereocenters. The van der Waals surface area contributed by atoms with Gasteiger partial charge in [0.1, 0.15) is 5.76 Å². The normalized spacial score (nSPS) is 11.4. The Bertz CT molecular complexity index is 603. The Kier molecular flexibility index (Phi) is 3.33. The minimum Gasteiger partial charge on any atom is -0.468 e. The lowest BCUT2D eigenvalue weighted by Gasteiger charge is -2.08.